The highest BCUT2D eigenvalue weighted by molar-refractivity contribution is 5.78. The second-order valence-electron chi connectivity index (χ2n) is 4.61. The van der Waals surface area contributed by atoms with Crippen LogP contribution in [-0.2, 0) is 9.59 Å². The Morgan fingerprint density at radius 2 is 1.83 bits per heavy atom. The summed E-state index contributed by atoms with van der Waals surface area (Å²) in [4.78, 5) is 22.4. The van der Waals surface area contributed by atoms with Crippen molar-refractivity contribution in [2.24, 2.45) is 5.92 Å². The molecule has 0 saturated carbocycles. The molecule has 1 amide bonds. The Bertz CT molecular complexity index is 401. The van der Waals surface area contributed by atoms with Gasteiger partial charge < -0.3 is 10.4 Å². The van der Waals surface area contributed by atoms with Gasteiger partial charge in [0.2, 0.25) is 5.91 Å². The standard InChI is InChI=1S/C14H19NO3/c1-10(2)14(18)15-9-12(8-13(16)17)11-6-4-3-5-7-11/h3-7,10,12H,8-9H2,1-2H3,(H,15,18)(H,16,17)/t12-/m1/s1. The molecule has 0 saturated heterocycles. The molecule has 0 radical (unpaired) electrons. The Hall–Kier alpha value is -1.84. The minimum absolute atomic E-state index is 0.0163. The zero-order chi connectivity index (χ0) is 13.5. The van der Waals surface area contributed by atoms with Crippen LogP contribution < -0.4 is 5.32 Å². The smallest absolute Gasteiger partial charge is 0.304 e. The lowest BCUT2D eigenvalue weighted by Gasteiger charge is -2.17. The molecule has 0 fully saturated rings. The molecule has 0 aliphatic rings. The highest BCUT2D eigenvalue weighted by atomic mass is 16.4. The van der Waals surface area contributed by atoms with Crippen molar-refractivity contribution in [3.8, 4) is 0 Å². The Balaban J connectivity index is 2.68. The topological polar surface area (TPSA) is 66.4 Å². The molecule has 1 aromatic carbocycles. The van der Waals surface area contributed by atoms with Crippen LogP contribution in [0.1, 0.15) is 31.7 Å². The Morgan fingerprint density at radius 1 is 1.22 bits per heavy atom. The molecule has 0 aliphatic carbocycles. The highest BCUT2D eigenvalue weighted by Gasteiger charge is 2.17. The largest absolute Gasteiger partial charge is 0.481 e. The summed E-state index contributed by atoms with van der Waals surface area (Å²) in [6, 6.07) is 9.39. The lowest BCUT2D eigenvalue weighted by Crippen LogP contribution is -2.32. The number of carboxylic acids is 1. The predicted molar refractivity (Wildman–Crippen MR) is 69.3 cm³/mol. The number of hydrogen-bond acceptors (Lipinski definition) is 2. The number of carbonyl (C=O) groups is 2. The van der Waals surface area contributed by atoms with Crippen molar-refractivity contribution in [3.05, 3.63) is 35.9 Å². The Morgan fingerprint density at radius 3 is 2.33 bits per heavy atom. The minimum atomic E-state index is -0.859. The fourth-order valence-corrected chi connectivity index (χ4v) is 1.67. The molecule has 0 aliphatic heterocycles. The van der Waals surface area contributed by atoms with E-state index in [1.807, 2.05) is 44.2 Å². The zero-order valence-corrected chi connectivity index (χ0v) is 10.7. The van der Waals surface area contributed by atoms with E-state index in [1.54, 1.807) is 0 Å². The number of amides is 1. The molecular weight excluding hydrogens is 230 g/mol. The SMILES string of the molecule is CC(C)C(=O)NC[C@@H](CC(=O)O)c1ccccc1. The van der Waals surface area contributed by atoms with Crippen molar-refractivity contribution in [2.75, 3.05) is 6.54 Å². The monoisotopic (exact) mass is 249 g/mol. The first-order chi connectivity index (χ1) is 8.50. The van der Waals surface area contributed by atoms with Gasteiger partial charge in [0.1, 0.15) is 0 Å². The summed E-state index contributed by atoms with van der Waals surface area (Å²) >= 11 is 0. The predicted octanol–water partition coefficient (Wildman–Crippen LogP) is 2.02. The van der Waals surface area contributed by atoms with Crippen LogP contribution in [0.2, 0.25) is 0 Å². The summed E-state index contributed by atoms with van der Waals surface area (Å²) in [5.74, 6) is -1.19. The molecule has 0 unspecified atom stereocenters. The molecule has 1 aromatic rings. The van der Waals surface area contributed by atoms with Crippen LogP contribution in [0.4, 0.5) is 0 Å². The average Bonchev–Trinajstić information content (AvgIpc) is 2.34. The van der Waals surface area contributed by atoms with Gasteiger partial charge in [0.05, 0.1) is 6.42 Å². The normalized spacial score (nSPS) is 12.2. The average molecular weight is 249 g/mol. The molecule has 2 N–H and O–H groups in total. The second kappa shape index (κ2) is 6.79. The third-order valence-corrected chi connectivity index (χ3v) is 2.74. The van der Waals surface area contributed by atoms with Gasteiger partial charge in [0.15, 0.2) is 0 Å². The van der Waals surface area contributed by atoms with Gasteiger partial charge in [-0.25, -0.2) is 0 Å². The van der Waals surface area contributed by atoms with Crippen LogP contribution in [0, 0.1) is 5.92 Å². The molecule has 1 rings (SSSR count). The van der Waals surface area contributed by atoms with Crippen LogP contribution in [0.15, 0.2) is 30.3 Å². The zero-order valence-electron chi connectivity index (χ0n) is 10.7. The quantitative estimate of drug-likeness (QED) is 0.810. The van der Waals surface area contributed by atoms with E-state index in [9.17, 15) is 9.59 Å². The Labute approximate surface area is 107 Å². The van der Waals surface area contributed by atoms with Crippen molar-refractivity contribution in [3.63, 3.8) is 0 Å². The van der Waals surface area contributed by atoms with Crippen molar-refractivity contribution < 1.29 is 14.7 Å². The van der Waals surface area contributed by atoms with Crippen LogP contribution in [0.25, 0.3) is 0 Å². The Kier molecular flexibility index (Phi) is 5.36. The van der Waals surface area contributed by atoms with Crippen molar-refractivity contribution in [1.82, 2.24) is 5.32 Å². The number of rotatable bonds is 6. The first-order valence-corrected chi connectivity index (χ1v) is 6.05. The fraction of sp³-hybridized carbons (Fsp3) is 0.429. The van der Waals surface area contributed by atoms with E-state index in [2.05, 4.69) is 5.32 Å². The molecule has 0 bridgehead atoms. The van der Waals surface area contributed by atoms with E-state index in [1.165, 1.54) is 0 Å². The van der Waals surface area contributed by atoms with Gasteiger partial charge in [-0.3, -0.25) is 9.59 Å². The van der Waals surface area contributed by atoms with Crippen LogP contribution in [0.5, 0.6) is 0 Å². The van der Waals surface area contributed by atoms with Crippen molar-refractivity contribution in [1.29, 1.82) is 0 Å². The van der Waals surface area contributed by atoms with Gasteiger partial charge in [-0.05, 0) is 5.56 Å². The third-order valence-electron chi connectivity index (χ3n) is 2.74. The van der Waals surface area contributed by atoms with Gasteiger partial charge in [0, 0.05) is 18.4 Å². The third kappa shape index (κ3) is 4.57. The van der Waals surface area contributed by atoms with Crippen molar-refractivity contribution in [2.45, 2.75) is 26.2 Å². The fourth-order valence-electron chi connectivity index (χ4n) is 1.67. The first kappa shape index (κ1) is 14.2. The van der Waals surface area contributed by atoms with Gasteiger partial charge in [-0.1, -0.05) is 44.2 Å². The second-order valence-corrected chi connectivity index (χ2v) is 4.61. The lowest BCUT2D eigenvalue weighted by atomic mass is 9.95. The summed E-state index contributed by atoms with van der Waals surface area (Å²) in [6.45, 7) is 3.97. The highest BCUT2D eigenvalue weighted by Crippen LogP contribution is 2.18. The molecule has 18 heavy (non-hydrogen) atoms. The number of carbonyl (C=O) groups excluding carboxylic acids is 1. The first-order valence-electron chi connectivity index (χ1n) is 6.05. The minimum Gasteiger partial charge on any atom is -0.481 e. The van der Waals surface area contributed by atoms with E-state index < -0.39 is 5.97 Å². The van der Waals surface area contributed by atoms with E-state index in [0.29, 0.717) is 6.54 Å². The van der Waals surface area contributed by atoms with E-state index >= 15 is 0 Å². The molecule has 0 spiro atoms. The molecule has 0 aromatic heterocycles. The summed E-state index contributed by atoms with van der Waals surface area (Å²) in [5.41, 5.74) is 0.934. The molecule has 4 heteroatoms. The van der Waals surface area contributed by atoms with Gasteiger partial charge in [-0.15, -0.1) is 0 Å². The number of nitrogens with one attached hydrogen (secondary N) is 1. The number of benzene rings is 1. The lowest BCUT2D eigenvalue weighted by molar-refractivity contribution is -0.137. The van der Waals surface area contributed by atoms with Crippen LogP contribution >= 0.6 is 0 Å². The molecular formula is C14H19NO3. The van der Waals surface area contributed by atoms with Crippen molar-refractivity contribution >= 4 is 11.9 Å². The number of aliphatic carboxylic acids is 1. The summed E-state index contributed by atoms with van der Waals surface area (Å²) in [5, 5.41) is 11.7. The van der Waals surface area contributed by atoms with Gasteiger partial charge in [-0.2, -0.15) is 0 Å². The molecule has 0 heterocycles. The van der Waals surface area contributed by atoms with E-state index in [-0.39, 0.29) is 24.2 Å². The summed E-state index contributed by atoms with van der Waals surface area (Å²) < 4.78 is 0. The molecule has 98 valence electrons. The summed E-state index contributed by atoms with van der Waals surface area (Å²) in [7, 11) is 0. The molecule has 1 atom stereocenters. The van der Waals surface area contributed by atoms with Gasteiger partial charge in [0.25, 0.3) is 0 Å². The number of hydrogen-bond donors (Lipinski definition) is 2. The maximum atomic E-state index is 11.5. The van der Waals surface area contributed by atoms with Gasteiger partial charge >= 0.3 is 5.97 Å². The maximum Gasteiger partial charge on any atom is 0.304 e. The maximum absolute atomic E-state index is 11.5. The van der Waals surface area contributed by atoms with Crippen LogP contribution in [-0.4, -0.2) is 23.5 Å². The molecule has 4 nitrogen and oxygen atoms in total. The van der Waals surface area contributed by atoms with E-state index in [4.69, 9.17) is 5.11 Å². The van der Waals surface area contributed by atoms with E-state index in [0.717, 1.165) is 5.56 Å². The van der Waals surface area contributed by atoms with Crippen LogP contribution in [0.3, 0.4) is 0 Å². The summed E-state index contributed by atoms with van der Waals surface area (Å²) in [6.07, 6.45) is 0.0163. The number of carboxylic acid groups (broad SMARTS) is 1.